The summed E-state index contributed by atoms with van der Waals surface area (Å²) in [6.07, 6.45) is 11.8. The first-order chi connectivity index (χ1) is 11.2. The van der Waals surface area contributed by atoms with Crippen molar-refractivity contribution in [1.82, 2.24) is 9.80 Å². The molecule has 0 spiro atoms. The van der Waals surface area contributed by atoms with Crippen LogP contribution in [0.1, 0.15) is 46.0 Å². The van der Waals surface area contributed by atoms with E-state index in [1.165, 1.54) is 64.8 Å². The third-order valence-corrected chi connectivity index (χ3v) is 6.68. The molecule has 0 aromatic heterocycles. The van der Waals surface area contributed by atoms with Gasteiger partial charge in [0.15, 0.2) is 0 Å². The molecule has 2 aliphatic heterocycles. The molecular weight excluding hydrogens is 284 g/mol. The van der Waals surface area contributed by atoms with E-state index in [4.69, 9.17) is 4.74 Å². The summed E-state index contributed by atoms with van der Waals surface area (Å²) in [5.41, 5.74) is 3.91. The number of nitrogens with zero attached hydrogens (tertiary/aromatic N) is 2. The third-order valence-electron chi connectivity index (χ3n) is 6.68. The molecule has 0 radical (unpaired) electrons. The number of fused-ring (bicyclic) bond motifs is 1. The third kappa shape index (κ3) is 2.87. The fourth-order valence-corrected chi connectivity index (χ4v) is 5.17. The van der Waals surface area contributed by atoms with E-state index < -0.39 is 0 Å². The molecule has 4 aliphatic rings. The van der Waals surface area contributed by atoms with Crippen molar-refractivity contribution in [3.63, 3.8) is 0 Å². The van der Waals surface area contributed by atoms with Crippen LogP contribution in [0.2, 0.25) is 0 Å². The average molecular weight is 316 g/mol. The topological polar surface area (TPSA) is 15.7 Å². The van der Waals surface area contributed by atoms with Crippen molar-refractivity contribution in [2.45, 2.75) is 52.1 Å². The normalized spacial score (nSPS) is 35.0. The van der Waals surface area contributed by atoms with Gasteiger partial charge in [-0.15, -0.1) is 0 Å². The highest BCUT2D eigenvalue weighted by Gasteiger charge is 2.60. The van der Waals surface area contributed by atoms with Gasteiger partial charge in [-0.05, 0) is 57.6 Å². The van der Waals surface area contributed by atoms with Gasteiger partial charge >= 0.3 is 0 Å². The monoisotopic (exact) mass is 316 g/mol. The van der Waals surface area contributed by atoms with Crippen molar-refractivity contribution in [3.05, 3.63) is 23.4 Å². The second-order valence-corrected chi connectivity index (χ2v) is 7.88. The first-order valence-electron chi connectivity index (χ1n) is 9.74. The molecule has 0 aromatic rings. The van der Waals surface area contributed by atoms with Gasteiger partial charge in [0.05, 0.1) is 6.10 Å². The van der Waals surface area contributed by atoms with Gasteiger partial charge in [0, 0.05) is 43.9 Å². The maximum atomic E-state index is 5.78. The Bertz CT molecular complexity index is 504. The SMILES string of the molecule is CCOC1CCN(C2=CC=C(C34CC3CN(CC)C4)CC2)CC1. The minimum atomic E-state index is 0.496. The quantitative estimate of drug-likeness (QED) is 0.773. The fraction of sp³-hybridized carbons (Fsp3) is 0.800. The van der Waals surface area contributed by atoms with Crippen LogP contribution in [0.4, 0.5) is 0 Å². The van der Waals surface area contributed by atoms with E-state index in [9.17, 15) is 0 Å². The summed E-state index contributed by atoms with van der Waals surface area (Å²) in [4.78, 5) is 5.25. The Morgan fingerprint density at radius 2 is 2.00 bits per heavy atom. The molecular formula is C20H32N2O. The zero-order valence-electron chi connectivity index (χ0n) is 14.9. The molecule has 2 heterocycles. The summed E-state index contributed by atoms with van der Waals surface area (Å²) in [7, 11) is 0. The van der Waals surface area contributed by atoms with E-state index in [-0.39, 0.29) is 0 Å². The van der Waals surface area contributed by atoms with Crippen LogP contribution in [0, 0.1) is 11.3 Å². The van der Waals surface area contributed by atoms with Crippen molar-refractivity contribution in [3.8, 4) is 0 Å². The van der Waals surface area contributed by atoms with Crippen LogP contribution >= 0.6 is 0 Å². The lowest BCUT2D eigenvalue weighted by Crippen LogP contribution is -2.37. The summed E-state index contributed by atoms with van der Waals surface area (Å²) in [5, 5.41) is 0. The lowest BCUT2D eigenvalue weighted by molar-refractivity contribution is 0.0205. The summed E-state index contributed by atoms with van der Waals surface area (Å²) < 4.78 is 5.78. The largest absolute Gasteiger partial charge is 0.378 e. The zero-order chi connectivity index (χ0) is 15.9. The molecule has 1 saturated carbocycles. The maximum absolute atomic E-state index is 5.78. The van der Waals surface area contributed by atoms with Crippen LogP contribution in [0.15, 0.2) is 23.4 Å². The second-order valence-electron chi connectivity index (χ2n) is 7.88. The van der Waals surface area contributed by atoms with E-state index in [2.05, 4.69) is 35.8 Å². The Morgan fingerprint density at radius 3 is 2.61 bits per heavy atom. The van der Waals surface area contributed by atoms with Gasteiger partial charge in [-0.25, -0.2) is 0 Å². The smallest absolute Gasteiger partial charge is 0.0608 e. The first kappa shape index (κ1) is 15.7. The van der Waals surface area contributed by atoms with Crippen molar-refractivity contribution in [2.24, 2.45) is 11.3 Å². The minimum absolute atomic E-state index is 0.496. The minimum Gasteiger partial charge on any atom is -0.378 e. The molecule has 2 unspecified atom stereocenters. The van der Waals surface area contributed by atoms with Gasteiger partial charge in [-0.2, -0.15) is 0 Å². The Balaban J connectivity index is 1.37. The summed E-state index contributed by atoms with van der Waals surface area (Å²) >= 11 is 0. The molecule has 2 saturated heterocycles. The molecule has 3 fully saturated rings. The van der Waals surface area contributed by atoms with Crippen LogP contribution in [-0.2, 0) is 4.74 Å². The van der Waals surface area contributed by atoms with Crippen LogP contribution in [0.25, 0.3) is 0 Å². The van der Waals surface area contributed by atoms with E-state index in [1.807, 2.05) is 0 Å². The van der Waals surface area contributed by atoms with E-state index in [1.54, 1.807) is 11.3 Å². The number of likely N-dealkylation sites (tertiary alicyclic amines) is 2. The van der Waals surface area contributed by atoms with E-state index in [0.29, 0.717) is 11.5 Å². The van der Waals surface area contributed by atoms with Crippen LogP contribution in [-0.4, -0.2) is 55.2 Å². The number of rotatable bonds is 5. The predicted octanol–water partition coefficient (Wildman–Crippen LogP) is 3.43. The predicted molar refractivity (Wildman–Crippen MR) is 94.3 cm³/mol. The van der Waals surface area contributed by atoms with E-state index in [0.717, 1.165) is 12.5 Å². The van der Waals surface area contributed by atoms with Crippen LogP contribution in [0.5, 0.6) is 0 Å². The standard InChI is InChI=1S/C20H32N2O/c1-3-21-14-17-13-20(17,15-21)16-5-7-18(8-6-16)22-11-9-19(10-12-22)23-4-2/h5,7,17,19H,3-4,6,8-15H2,1-2H3. The van der Waals surface area contributed by atoms with Gasteiger partial charge in [0.1, 0.15) is 0 Å². The molecule has 128 valence electrons. The molecule has 3 heteroatoms. The molecule has 23 heavy (non-hydrogen) atoms. The van der Waals surface area contributed by atoms with Gasteiger partial charge in [-0.3, -0.25) is 0 Å². The lowest BCUT2D eigenvalue weighted by atomic mass is 9.87. The molecule has 2 atom stereocenters. The lowest BCUT2D eigenvalue weighted by Gasteiger charge is -2.36. The summed E-state index contributed by atoms with van der Waals surface area (Å²) in [6.45, 7) is 11.5. The van der Waals surface area contributed by atoms with Gasteiger partial charge in [0.2, 0.25) is 0 Å². The molecule has 0 N–H and O–H groups in total. The molecule has 2 aliphatic carbocycles. The Labute approximate surface area is 141 Å². The Kier molecular flexibility index (Phi) is 4.27. The maximum Gasteiger partial charge on any atom is 0.0608 e. The van der Waals surface area contributed by atoms with E-state index >= 15 is 0 Å². The van der Waals surface area contributed by atoms with Crippen molar-refractivity contribution in [1.29, 1.82) is 0 Å². The molecule has 3 nitrogen and oxygen atoms in total. The van der Waals surface area contributed by atoms with Gasteiger partial charge in [-0.1, -0.05) is 18.6 Å². The highest BCUT2D eigenvalue weighted by atomic mass is 16.5. The molecule has 4 rings (SSSR count). The number of ether oxygens (including phenoxy) is 1. The van der Waals surface area contributed by atoms with Gasteiger partial charge in [0.25, 0.3) is 0 Å². The highest BCUT2D eigenvalue weighted by molar-refractivity contribution is 5.36. The molecule has 0 aromatic carbocycles. The number of hydrogen-bond acceptors (Lipinski definition) is 3. The molecule has 0 bridgehead atoms. The van der Waals surface area contributed by atoms with Crippen molar-refractivity contribution in [2.75, 3.05) is 39.3 Å². The number of allylic oxidation sites excluding steroid dienone is 3. The van der Waals surface area contributed by atoms with Crippen molar-refractivity contribution < 1.29 is 4.74 Å². The first-order valence-corrected chi connectivity index (χ1v) is 9.74. The summed E-state index contributed by atoms with van der Waals surface area (Å²) in [6, 6.07) is 0. The zero-order valence-corrected chi connectivity index (χ0v) is 14.9. The Hall–Kier alpha value is -0.800. The van der Waals surface area contributed by atoms with Crippen LogP contribution < -0.4 is 0 Å². The second kappa shape index (κ2) is 6.25. The van der Waals surface area contributed by atoms with Crippen molar-refractivity contribution >= 4 is 0 Å². The highest BCUT2D eigenvalue weighted by Crippen LogP contribution is 2.63. The molecule has 0 amide bonds. The Morgan fingerprint density at radius 1 is 1.17 bits per heavy atom. The fourth-order valence-electron chi connectivity index (χ4n) is 5.17. The van der Waals surface area contributed by atoms with Gasteiger partial charge < -0.3 is 14.5 Å². The number of piperidine rings is 2. The number of hydrogen-bond donors (Lipinski definition) is 0. The van der Waals surface area contributed by atoms with Crippen LogP contribution in [0.3, 0.4) is 0 Å². The summed E-state index contributed by atoms with van der Waals surface area (Å²) in [5.74, 6) is 0.964. The average Bonchev–Trinajstić information content (AvgIpc) is 3.18.